The predicted molar refractivity (Wildman–Crippen MR) is 114 cm³/mol. The molecule has 1 aliphatic rings. The standard InChI is InChI=1S/C22H26ClNO3S/c1-16(2)15-28(26,27)21-10-12-24(13-11-21)22(25)18-8-6-17(7-9-18)19-4-3-5-20(23)14-19/h3-9,14,16,21H,10-13,15H2,1-2H3. The van der Waals surface area contributed by atoms with Crippen molar-refractivity contribution < 1.29 is 13.2 Å². The summed E-state index contributed by atoms with van der Waals surface area (Å²) in [6, 6.07) is 15.1. The van der Waals surface area contributed by atoms with Crippen LogP contribution in [0.3, 0.4) is 0 Å². The lowest BCUT2D eigenvalue weighted by Crippen LogP contribution is -2.43. The van der Waals surface area contributed by atoms with Gasteiger partial charge in [0, 0.05) is 23.7 Å². The van der Waals surface area contributed by atoms with Crippen molar-refractivity contribution in [2.24, 2.45) is 5.92 Å². The Hall–Kier alpha value is -1.85. The number of rotatable bonds is 5. The van der Waals surface area contributed by atoms with Crippen LogP contribution in [0.15, 0.2) is 48.5 Å². The van der Waals surface area contributed by atoms with Gasteiger partial charge in [-0.2, -0.15) is 0 Å². The quantitative estimate of drug-likeness (QED) is 0.706. The van der Waals surface area contributed by atoms with Crippen molar-refractivity contribution in [3.05, 3.63) is 59.1 Å². The molecule has 1 fully saturated rings. The van der Waals surface area contributed by atoms with Crippen LogP contribution in [0.5, 0.6) is 0 Å². The molecular weight excluding hydrogens is 394 g/mol. The maximum absolute atomic E-state index is 12.8. The smallest absolute Gasteiger partial charge is 0.253 e. The zero-order chi connectivity index (χ0) is 20.3. The first-order chi connectivity index (χ1) is 13.3. The van der Waals surface area contributed by atoms with Gasteiger partial charge in [-0.25, -0.2) is 8.42 Å². The van der Waals surface area contributed by atoms with Crippen LogP contribution in [0.25, 0.3) is 11.1 Å². The summed E-state index contributed by atoms with van der Waals surface area (Å²) in [7, 11) is -3.08. The van der Waals surface area contributed by atoms with E-state index in [0.29, 0.717) is 36.5 Å². The van der Waals surface area contributed by atoms with Crippen molar-refractivity contribution in [3.8, 4) is 11.1 Å². The monoisotopic (exact) mass is 419 g/mol. The number of carbonyl (C=O) groups is 1. The Bertz CT molecular complexity index is 931. The maximum atomic E-state index is 12.8. The van der Waals surface area contributed by atoms with Gasteiger partial charge in [0.1, 0.15) is 0 Å². The van der Waals surface area contributed by atoms with E-state index in [1.54, 1.807) is 4.90 Å². The highest BCUT2D eigenvalue weighted by atomic mass is 35.5. The van der Waals surface area contributed by atoms with Gasteiger partial charge in [0.2, 0.25) is 0 Å². The van der Waals surface area contributed by atoms with Crippen LogP contribution in [0, 0.1) is 5.92 Å². The Morgan fingerprint density at radius 2 is 1.71 bits per heavy atom. The number of hydrogen-bond donors (Lipinski definition) is 0. The summed E-state index contributed by atoms with van der Waals surface area (Å²) in [5, 5.41) is 0.345. The lowest BCUT2D eigenvalue weighted by atomic mass is 10.0. The number of nitrogens with zero attached hydrogens (tertiary/aromatic N) is 1. The van der Waals surface area contributed by atoms with Crippen molar-refractivity contribution in [3.63, 3.8) is 0 Å². The third kappa shape index (κ3) is 4.95. The molecule has 0 N–H and O–H groups in total. The van der Waals surface area contributed by atoms with Gasteiger partial charge >= 0.3 is 0 Å². The molecule has 2 aromatic carbocycles. The Morgan fingerprint density at radius 1 is 1.07 bits per heavy atom. The molecule has 0 bridgehead atoms. The first-order valence-electron chi connectivity index (χ1n) is 9.63. The number of sulfone groups is 1. The highest BCUT2D eigenvalue weighted by molar-refractivity contribution is 7.92. The molecule has 1 aliphatic heterocycles. The van der Waals surface area contributed by atoms with E-state index in [2.05, 4.69) is 0 Å². The molecule has 2 aromatic rings. The number of amides is 1. The molecule has 1 saturated heterocycles. The Morgan fingerprint density at radius 3 is 2.29 bits per heavy atom. The average Bonchev–Trinajstić information content (AvgIpc) is 2.67. The van der Waals surface area contributed by atoms with Crippen LogP contribution in [0.4, 0.5) is 0 Å². The molecule has 1 heterocycles. The molecular formula is C22H26ClNO3S. The number of hydrogen-bond acceptors (Lipinski definition) is 3. The van der Waals surface area contributed by atoms with Gasteiger partial charge in [0.25, 0.3) is 5.91 Å². The normalized spacial score (nSPS) is 15.8. The summed E-state index contributed by atoms with van der Waals surface area (Å²) in [6.45, 7) is 4.81. The summed E-state index contributed by atoms with van der Waals surface area (Å²) in [5.41, 5.74) is 2.62. The third-order valence-corrected chi connectivity index (χ3v) is 7.95. The number of piperidine rings is 1. The number of benzene rings is 2. The Kier molecular flexibility index (Phi) is 6.46. The van der Waals surface area contributed by atoms with Crippen molar-refractivity contribution in [1.29, 1.82) is 0 Å². The minimum absolute atomic E-state index is 0.0441. The number of likely N-dealkylation sites (tertiary alicyclic amines) is 1. The van der Waals surface area contributed by atoms with Crippen LogP contribution < -0.4 is 0 Å². The van der Waals surface area contributed by atoms with Crippen LogP contribution >= 0.6 is 11.6 Å². The lowest BCUT2D eigenvalue weighted by molar-refractivity contribution is 0.0725. The van der Waals surface area contributed by atoms with Crippen molar-refractivity contribution >= 4 is 27.3 Å². The van der Waals surface area contributed by atoms with E-state index in [1.165, 1.54) is 0 Å². The molecule has 0 aliphatic carbocycles. The lowest BCUT2D eigenvalue weighted by Gasteiger charge is -2.32. The zero-order valence-electron chi connectivity index (χ0n) is 16.3. The molecule has 1 amide bonds. The Balaban J connectivity index is 1.64. The first kappa shape index (κ1) is 20.9. The van der Waals surface area contributed by atoms with Gasteiger partial charge in [-0.3, -0.25) is 4.79 Å². The molecule has 0 radical (unpaired) electrons. The molecule has 0 unspecified atom stereocenters. The fourth-order valence-corrected chi connectivity index (χ4v) is 6.00. The molecule has 0 aromatic heterocycles. The second-order valence-electron chi connectivity index (χ2n) is 7.80. The second kappa shape index (κ2) is 8.66. The maximum Gasteiger partial charge on any atom is 0.253 e. The minimum atomic E-state index is -3.08. The van der Waals surface area contributed by atoms with Crippen LogP contribution in [-0.4, -0.2) is 43.3 Å². The fraction of sp³-hybridized carbons (Fsp3) is 0.409. The first-order valence-corrected chi connectivity index (χ1v) is 11.7. The molecule has 0 saturated carbocycles. The fourth-order valence-electron chi connectivity index (χ4n) is 3.67. The zero-order valence-corrected chi connectivity index (χ0v) is 17.8. The minimum Gasteiger partial charge on any atom is -0.339 e. The summed E-state index contributed by atoms with van der Waals surface area (Å²) in [6.07, 6.45) is 1.03. The van der Waals surface area contributed by atoms with E-state index in [0.717, 1.165) is 11.1 Å². The van der Waals surface area contributed by atoms with Gasteiger partial charge < -0.3 is 4.90 Å². The number of halogens is 1. The summed E-state index contributed by atoms with van der Waals surface area (Å²) < 4.78 is 24.9. The number of carbonyl (C=O) groups excluding carboxylic acids is 1. The average molecular weight is 420 g/mol. The van der Waals surface area contributed by atoms with E-state index < -0.39 is 9.84 Å². The van der Waals surface area contributed by atoms with Crippen LogP contribution in [0.1, 0.15) is 37.0 Å². The summed E-state index contributed by atoms with van der Waals surface area (Å²) >= 11 is 6.05. The summed E-state index contributed by atoms with van der Waals surface area (Å²) in [5.74, 6) is 0.302. The van der Waals surface area contributed by atoms with Gasteiger partial charge in [-0.1, -0.05) is 49.7 Å². The third-order valence-electron chi connectivity index (χ3n) is 5.09. The highest BCUT2D eigenvalue weighted by Crippen LogP contribution is 2.25. The van der Waals surface area contributed by atoms with Crippen LogP contribution in [0.2, 0.25) is 5.02 Å². The largest absolute Gasteiger partial charge is 0.339 e. The van der Waals surface area contributed by atoms with Crippen molar-refractivity contribution in [2.45, 2.75) is 31.9 Å². The van der Waals surface area contributed by atoms with Gasteiger partial charge in [-0.05, 0) is 54.2 Å². The van der Waals surface area contributed by atoms with Gasteiger partial charge in [0.05, 0.1) is 11.0 Å². The van der Waals surface area contributed by atoms with Crippen molar-refractivity contribution in [1.82, 2.24) is 4.90 Å². The second-order valence-corrected chi connectivity index (χ2v) is 10.6. The molecule has 28 heavy (non-hydrogen) atoms. The highest BCUT2D eigenvalue weighted by Gasteiger charge is 2.32. The molecule has 4 nitrogen and oxygen atoms in total. The van der Waals surface area contributed by atoms with E-state index in [9.17, 15) is 13.2 Å². The molecule has 6 heteroatoms. The Labute approximate surface area is 172 Å². The van der Waals surface area contributed by atoms with Crippen molar-refractivity contribution in [2.75, 3.05) is 18.8 Å². The molecule has 3 rings (SSSR count). The van der Waals surface area contributed by atoms with E-state index in [-0.39, 0.29) is 22.8 Å². The molecule has 0 atom stereocenters. The SMILES string of the molecule is CC(C)CS(=O)(=O)C1CCN(C(=O)c2ccc(-c3cccc(Cl)c3)cc2)CC1. The topological polar surface area (TPSA) is 54.5 Å². The van der Waals surface area contributed by atoms with Gasteiger partial charge in [0.15, 0.2) is 9.84 Å². The van der Waals surface area contributed by atoms with E-state index in [1.807, 2.05) is 62.4 Å². The van der Waals surface area contributed by atoms with Gasteiger partial charge in [-0.15, -0.1) is 0 Å². The predicted octanol–water partition coefficient (Wildman–Crippen LogP) is 4.68. The molecule has 150 valence electrons. The molecule has 0 spiro atoms. The van der Waals surface area contributed by atoms with Crippen LogP contribution in [-0.2, 0) is 9.84 Å². The summed E-state index contributed by atoms with van der Waals surface area (Å²) in [4.78, 5) is 14.6. The van der Waals surface area contributed by atoms with E-state index in [4.69, 9.17) is 11.6 Å². The van der Waals surface area contributed by atoms with E-state index >= 15 is 0 Å².